The van der Waals surface area contributed by atoms with Gasteiger partial charge in [-0.1, -0.05) is 12.0 Å². The zero-order chi connectivity index (χ0) is 9.68. The Morgan fingerprint density at radius 2 is 2.38 bits per heavy atom. The molecule has 1 rings (SSSR count). The first kappa shape index (κ1) is 9.27. The van der Waals surface area contributed by atoms with Crippen LogP contribution in [0.4, 0.5) is 4.39 Å². The number of halogens is 1. The van der Waals surface area contributed by atoms with Crippen LogP contribution in [0.5, 0.6) is 0 Å². The van der Waals surface area contributed by atoms with Crippen LogP contribution in [-0.2, 0) is 11.3 Å². The summed E-state index contributed by atoms with van der Waals surface area (Å²) in [6, 6.07) is 4.45. The van der Waals surface area contributed by atoms with Crippen LogP contribution in [0.2, 0.25) is 0 Å². The number of benzene rings is 1. The molecule has 1 aromatic carbocycles. The van der Waals surface area contributed by atoms with Gasteiger partial charge in [-0.15, -0.1) is 6.42 Å². The third-order valence-corrected chi connectivity index (χ3v) is 1.60. The van der Waals surface area contributed by atoms with E-state index in [2.05, 4.69) is 11.2 Å². The Labute approximate surface area is 75.8 Å². The van der Waals surface area contributed by atoms with Crippen molar-refractivity contribution in [1.82, 2.24) is 5.32 Å². The number of carbonyl (C=O) groups excluding carboxylic acids is 1. The molecule has 0 aliphatic rings. The normalized spacial score (nSPS) is 8.92. The highest BCUT2D eigenvalue weighted by atomic mass is 19.1. The number of nitrogens with one attached hydrogen (secondary N) is 1. The Bertz CT molecular complexity index is 354. The van der Waals surface area contributed by atoms with E-state index < -0.39 is 5.82 Å². The number of rotatable bonds is 3. The van der Waals surface area contributed by atoms with Crippen LogP contribution in [0.3, 0.4) is 0 Å². The number of amides is 1. The lowest BCUT2D eigenvalue weighted by atomic mass is 10.1. The largest absolute Gasteiger partial charge is 0.354 e. The second-order valence-corrected chi connectivity index (χ2v) is 2.45. The van der Waals surface area contributed by atoms with Crippen molar-refractivity contribution in [1.29, 1.82) is 0 Å². The molecular formula is C10H8FNO. The summed E-state index contributed by atoms with van der Waals surface area (Å²) in [5, 5.41) is 2.37. The van der Waals surface area contributed by atoms with Crippen molar-refractivity contribution in [3.8, 4) is 12.3 Å². The summed E-state index contributed by atoms with van der Waals surface area (Å²) in [5.74, 6) is 1.92. The number of terminal acetylenes is 1. The molecular weight excluding hydrogens is 169 g/mol. The van der Waals surface area contributed by atoms with Gasteiger partial charge in [0.05, 0.1) is 0 Å². The molecule has 13 heavy (non-hydrogen) atoms. The van der Waals surface area contributed by atoms with E-state index in [0.717, 1.165) is 0 Å². The van der Waals surface area contributed by atoms with Crippen molar-refractivity contribution in [2.45, 2.75) is 6.54 Å². The first-order chi connectivity index (χ1) is 6.27. The minimum absolute atomic E-state index is 0.181. The molecule has 0 saturated carbocycles. The van der Waals surface area contributed by atoms with Crippen molar-refractivity contribution in [3.05, 3.63) is 35.1 Å². The van der Waals surface area contributed by atoms with Crippen LogP contribution < -0.4 is 5.32 Å². The molecule has 0 unspecified atom stereocenters. The topological polar surface area (TPSA) is 29.1 Å². The molecule has 0 aliphatic carbocycles. The van der Waals surface area contributed by atoms with Gasteiger partial charge in [0.2, 0.25) is 6.41 Å². The molecule has 0 bridgehead atoms. The van der Waals surface area contributed by atoms with E-state index >= 15 is 0 Å². The molecule has 0 heterocycles. The van der Waals surface area contributed by atoms with Gasteiger partial charge >= 0.3 is 0 Å². The SMILES string of the molecule is C#Cc1ccc(CNC=O)c(F)c1. The van der Waals surface area contributed by atoms with E-state index in [1.807, 2.05) is 0 Å². The predicted molar refractivity (Wildman–Crippen MR) is 47.2 cm³/mol. The standard InChI is InChI=1S/C10H8FNO/c1-2-8-3-4-9(6-12-7-13)10(11)5-8/h1,3-5,7H,6H2,(H,12,13). The van der Waals surface area contributed by atoms with Gasteiger partial charge in [-0.2, -0.15) is 0 Å². The Morgan fingerprint density at radius 3 is 2.92 bits per heavy atom. The van der Waals surface area contributed by atoms with Crippen LogP contribution in [-0.4, -0.2) is 6.41 Å². The summed E-state index contributed by atoms with van der Waals surface area (Å²) < 4.78 is 13.1. The fraction of sp³-hybridized carbons (Fsp3) is 0.100. The number of hydrogen-bond donors (Lipinski definition) is 1. The minimum atomic E-state index is -0.398. The number of hydrogen-bond acceptors (Lipinski definition) is 1. The van der Waals surface area contributed by atoms with Crippen LogP contribution in [0, 0.1) is 18.2 Å². The summed E-state index contributed by atoms with van der Waals surface area (Å²) >= 11 is 0. The zero-order valence-corrected chi connectivity index (χ0v) is 6.88. The van der Waals surface area contributed by atoms with E-state index in [0.29, 0.717) is 17.5 Å². The smallest absolute Gasteiger partial charge is 0.207 e. The monoisotopic (exact) mass is 177 g/mol. The second kappa shape index (κ2) is 4.27. The molecule has 3 heteroatoms. The third kappa shape index (κ3) is 2.31. The lowest BCUT2D eigenvalue weighted by molar-refractivity contribution is -0.109. The predicted octanol–water partition coefficient (Wildman–Crippen LogP) is 1.05. The van der Waals surface area contributed by atoms with Gasteiger partial charge in [0, 0.05) is 17.7 Å². The number of carbonyl (C=O) groups is 1. The molecule has 0 atom stereocenters. The van der Waals surface area contributed by atoms with Gasteiger partial charge in [-0.25, -0.2) is 4.39 Å². The van der Waals surface area contributed by atoms with Gasteiger partial charge in [-0.3, -0.25) is 4.79 Å². The van der Waals surface area contributed by atoms with E-state index in [4.69, 9.17) is 6.42 Å². The minimum Gasteiger partial charge on any atom is -0.354 e. The van der Waals surface area contributed by atoms with Crippen molar-refractivity contribution >= 4 is 6.41 Å². The summed E-state index contributed by atoms with van der Waals surface area (Å²) in [5.41, 5.74) is 0.915. The zero-order valence-electron chi connectivity index (χ0n) is 6.88. The average molecular weight is 177 g/mol. The maximum atomic E-state index is 13.1. The highest BCUT2D eigenvalue weighted by Crippen LogP contribution is 2.09. The highest BCUT2D eigenvalue weighted by Gasteiger charge is 2.01. The Balaban J connectivity index is 2.86. The first-order valence-electron chi connectivity index (χ1n) is 3.70. The maximum Gasteiger partial charge on any atom is 0.207 e. The van der Waals surface area contributed by atoms with Crippen LogP contribution in [0.15, 0.2) is 18.2 Å². The lowest BCUT2D eigenvalue weighted by Gasteiger charge is -2.01. The van der Waals surface area contributed by atoms with Crippen molar-refractivity contribution in [3.63, 3.8) is 0 Å². The quantitative estimate of drug-likeness (QED) is 0.542. The van der Waals surface area contributed by atoms with Gasteiger partial charge in [-0.05, 0) is 12.1 Å². The molecule has 0 aliphatic heterocycles. The lowest BCUT2D eigenvalue weighted by Crippen LogP contribution is -2.11. The molecule has 1 amide bonds. The van der Waals surface area contributed by atoms with Crippen LogP contribution >= 0.6 is 0 Å². The van der Waals surface area contributed by atoms with E-state index in [1.165, 1.54) is 6.07 Å². The molecule has 0 fully saturated rings. The molecule has 0 saturated heterocycles. The molecule has 0 aromatic heterocycles. The molecule has 1 aromatic rings. The van der Waals surface area contributed by atoms with Crippen LogP contribution in [0.25, 0.3) is 0 Å². The third-order valence-electron chi connectivity index (χ3n) is 1.60. The maximum absolute atomic E-state index is 13.1. The van der Waals surface area contributed by atoms with E-state index in [9.17, 15) is 9.18 Å². The summed E-state index contributed by atoms with van der Waals surface area (Å²) in [6.45, 7) is 0.181. The Hall–Kier alpha value is -1.82. The van der Waals surface area contributed by atoms with E-state index in [1.54, 1.807) is 12.1 Å². The average Bonchev–Trinajstić information content (AvgIpc) is 2.16. The second-order valence-electron chi connectivity index (χ2n) is 2.45. The molecule has 2 nitrogen and oxygen atoms in total. The van der Waals surface area contributed by atoms with E-state index in [-0.39, 0.29) is 6.54 Å². The molecule has 0 radical (unpaired) electrons. The molecule has 0 spiro atoms. The van der Waals surface area contributed by atoms with Crippen molar-refractivity contribution < 1.29 is 9.18 Å². The van der Waals surface area contributed by atoms with Crippen molar-refractivity contribution in [2.24, 2.45) is 0 Å². The van der Waals surface area contributed by atoms with Gasteiger partial charge in [0.1, 0.15) is 5.82 Å². The first-order valence-corrected chi connectivity index (χ1v) is 3.70. The fourth-order valence-corrected chi connectivity index (χ4v) is 0.932. The highest BCUT2D eigenvalue weighted by molar-refractivity contribution is 5.46. The summed E-state index contributed by atoms with van der Waals surface area (Å²) in [4.78, 5) is 9.95. The fourth-order valence-electron chi connectivity index (χ4n) is 0.932. The summed E-state index contributed by atoms with van der Waals surface area (Å²) in [6.07, 6.45) is 5.60. The molecule has 66 valence electrons. The Kier molecular flexibility index (Phi) is 3.04. The van der Waals surface area contributed by atoms with Gasteiger partial charge < -0.3 is 5.32 Å². The van der Waals surface area contributed by atoms with Crippen LogP contribution in [0.1, 0.15) is 11.1 Å². The van der Waals surface area contributed by atoms with Gasteiger partial charge in [0.25, 0.3) is 0 Å². The Morgan fingerprint density at radius 1 is 1.62 bits per heavy atom. The van der Waals surface area contributed by atoms with Gasteiger partial charge in [0.15, 0.2) is 0 Å². The van der Waals surface area contributed by atoms with Crippen molar-refractivity contribution in [2.75, 3.05) is 0 Å². The summed E-state index contributed by atoms with van der Waals surface area (Å²) in [7, 11) is 0. The molecule has 1 N–H and O–H groups in total.